The number of hydrogen-bond donors (Lipinski definition) is 1. The molecule has 0 bridgehead atoms. The molecule has 0 aliphatic carbocycles. The third-order valence-electron chi connectivity index (χ3n) is 2.78. The summed E-state index contributed by atoms with van der Waals surface area (Å²) in [4.78, 5) is 2.04. The maximum atomic E-state index is 10.0. The Morgan fingerprint density at radius 1 is 1.11 bits per heavy atom. The first-order chi connectivity index (χ1) is 9.11. The third-order valence-corrected chi connectivity index (χ3v) is 4.60. The Bertz CT molecular complexity index is 572. The van der Waals surface area contributed by atoms with Crippen LogP contribution in [0.15, 0.2) is 52.3 Å². The molecule has 0 spiro atoms. The molecule has 2 aromatic rings. The van der Waals surface area contributed by atoms with Gasteiger partial charge < -0.3 is 5.11 Å². The summed E-state index contributed by atoms with van der Waals surface area (Å²) in [5.41, 5.74) is 0.945. The maximum Gasteiger partial charge on any atom is 0.0798 e. The molecular weight excluding hydrogens is 299 g/mol. The van der Waals surface area contributed by atoms with E-state index in [2.05, 4.69) is 0 Å². The van der Waals surface area contributed by atoms with Crippen molar-refractivity contribution in [1.29, 1.82) is 0 Å². The van der Waals surface area contributed by atoms with Gasteiger partial charge in [-0.15, -0.1) is 0 Å². The summed E-state index contributed by atoms with van der Waals surface area (Å²) in [6, 6.07) is 13.4. The molecule has 1 N–H and O–H groups in total. The van der Waals surface area contributed by atoms with Crippen molar-refractivity contribution in [3.8, 4) is 0 Å². The Hall–Kier alpha value is -0.670. The van der Waals surface area contributed by atoms with Gasteiger partial charge in [-0.25, -0.2) is 0 Å². The van der Waals surface area contributed by atoms with E-state index in [1.54, 1.807) is 17.8 Å². The quantitative estimate of drug-likeness (QED) is 0.794. The van der Waals surface area contributed by atoms with Crippen molar-refractivity contribution in [2.75, 3.05) is 0 Å². The number of rotatable bonds is 4. The van der Waals surface area contributed by atoms with E-state index in [9.17, 15) is 5.11 Å². The van der Waals surface area contributed by atoms with E-state index in [1.165, 1.54) is 0 Å². The van der Waals surface area contributed by atoms with Crippen molar-refractivity contribution >= 4 is 35.0 Å². The van der Waals surface area contributed by atoms with Gasteiger partial charge in [0, 0.05) is 9.79 Å². The summed E-state index contributed by atoms with van der Waals surface area (Å²) in [7, 11) is 0. The van der Waals surface area contributed by atoms with Gasteiger partial charge in [-0.2, -0.15) is 0 Å². The van der Waals surface area contributed by atoms with Crippen molar-refractivity contribution in [2.45, 2.75) is 29.2 Å². The van der Waals surface area contributed by atoms with E-state index >= 15 is 0 Å². The van der Waals surface area contributed by atoms with Crippen LogP contribution in [0.2, 0.25) is 10.0 Å². The van der Waals surface area contributed by atoms with Crippen LogP contribution in [0.1, 0.15) is 25.0 Å². The van der Waals surface area contributed by atoms with E-state index < -0.39 is 6.10 Å². The van der Waals surface area contributed by atoms with Crippen molar-refractivity contribution in [3.05, 3.63) is 58.1 Å². The Kier molecular flexibility index (Phi) is 5.17. The first-order valence-corrected chi connectivity index (χ1v) is 7.59. The van der Waals surface area contributed by atoms with Crippen LogP contribution in [0.5, 0.6) is 0 Å². The SMILES string of the molecule is CC[C@H](O)c1ccccc1Sc1ccc(Cl)c(Cl)c1. The first kappa shape index (κ1) is 14.7. The summed E-state index contributed by atoms with van der Waals surface area (Å²) in [5.74, 6) is 0. The topological polar surface area (TPSA) is 20.2 Å². The highest BCUT2D eigenvalue weighted by Gasteiger charge is 2.11. The van der Waals surface area contributed by atoms with E-state index in [0.29, 0.717) is 16.5 Å². The minimum atomic E-state index is -0.438. The molecule has 0 heterocycles. The minimum absolute atomic E-state index is 0.438. The van der Waals surface area contributed by atoms with Crippen LogP contribution in [0, 0.1) is 0 Å². The van der Waals surface area contributed by atoms with Crippen LogP contribution in [0.25, 0.3) is 0 Å². The standard InChI is InChI=1S/C15H14Cl2OS/c1-2-14(18)11-5-3-4-6-15(11)19-10-7-8-12(16)13(17)9-10/h3-9,14,18H,2H2,1H3/t14-/m0/s1. The number of halogens is 2. The van der Waals surface area contributed by atoms with E-state index in [4.69, 9.17) is 23.2 Å². The van der Waals surface area contributed by atoms with Gasteiger partial charge in [-0.3, -0.25) is 0 Å². The van der Waals surface area contributed by atoms with E-state index in [1.807, 2.05) is 43.3 Å². The molecule has 100 valence electrons. The molecule has 0 aliphatic heterocycles. The zero-order chi connectivity index (χ0) is 13.8. The molecule has 0 unspecified atom stereocenters. The first-order valence-electron chi connectivity index (χ1n) is 6.01. The van der Waals surface area contributed by atoms with Crippen LogP contribution < -0.4 is 0 Å². The van der Waals surface area contributed by atoms with Crippen molar-refractivity contribution in [1.82, 2.24) is 0 Å². The zero-order valence-corrected chi connectivity index (χ0v) is 12.8. The van der Waals surface area contributed by atoms with Crippen LogP contribution in [0.4, 0.5) is 0 Å². The predicted octanol–water partition coefficient (Wildman–Crippen LogP) is 5.59. The average Bonchev–Trinajstić information content (AvgIpc) is 2.43. The molecule has 0 saturated carbocycles. The van der Waals surface area contributed by atoms with Gasteiger partial charge >= 0.3 is 0 Å². The Balaban J connectivity index is 2.30. The second kappa shape index (κ2) is 6.67. The highest BCUT2D eigenvalue weighted by molar-refractivity contribution is 7.99. The maximum absolute atomic E-state index is 10.0. The Morgan fingerprint density at radius 2 is 1.84 bits per heavy atom. The van der Waals surface area contributed by atoms with Crippen molar-refractivity contribution in [2.24, 2.45) is 0 Å². The second-order valence-corrected chi connectivity index (χ2v) is 6.07. The minimum Gasteiger partial charge on any atom is -0.388 e. The molecule has 0 aromatic heterocycles. The van der Waals surface area contributed by atoms with Gasteiger partial charge in [0.25, 0.3) is 0 Å². The van der Waals surface area contributed by atoms with E-state index in [0.717, 1.165) is 15.4 Å². The lowest BCUT2D eigenvalue weighted by Crippen LogP contribution is -1.97. The van der Waals surface area contributed by atoms with Crippen LogP contribution in [0.3, 0.4) is 0 Å². The lowest BCUT2D eigenvalue weighted by molar-refractivity contribution is 0.171. The third kappa shape index (κ3) is 3.67. The monoisotopic (exact) mass is 312 g/mol. The lowest BCUT2D eigenvalue weighted by atomic mass is 10.1. The molecule has 0 aliphatic rings. The molecule has 2 rings (SSSR count). The fourth-order valence-electron chi connectivity index (χ4n) is 1.74. The number of hydrogen-bond acceptors (Lipinski definition) is 2. The number of aliphatic hydroxyl groups excluding tert-OH is 1. The molecule has 0 radical (unpaired) electrons. The van der Waals surface area contributed by atoms with Gasteiger partial charge in [0.2, 0.25) is 0 Å². The summed E-state index contributed by atoms with van der Waals surface area (Å²) in [6.45, 7) is 1.96. The molecule has 0 amide bonds. The Labute approximate surface area is 127 Å². The van der Waals surface area contributed by atoms with Gasteiger partial charge in [0.1, 0.15) is 0 Å². The highest BCUT2D eigenvalue weighted by Crippen LogP contribution is 2.36. The summed E-state index contributed by atoms with van der Waals surface area (Å²) in [5, 5.41) is 11.1. The normalized spacial score (nSPS) is 12.4. The fourth-order valence-corrected chi connectivity index (χ4v) is 3.13. The number of benzene rings is 2. The summed E-state index contributed by atoms with van der Waals surface area (Å²) in [6.07, 6.45) is 0.255. The zero-order valence-electron chi connectivity index (χ0n) is 10.4. The lowest BCUT2D eigenvalue weighted by Gasteiger charge is -2.13. The second-order valence-electron chi connectivity index (χ2n) is 4.14. The largest absolute Gasteiger partial charge is 0.388 e. The molecular formula is C15H14Cl2OS. The van der Waals surface area contributed by atoms with Crippen molar-refractivity contribution in [3.63, 3.8) is 0 Å². The smallest absolute Gasteiger partial charge is 0.0798 e. The van der Waals surface area contributed by atoms with Crippen LogP contribution in [-0.2, 0) is 0 Å². The fraction of sp³-hybridized carbons (Fsp3) is 0.200. The molecule has 1 atom stereocenters. The van der Waals surface area contributed by atoms with Gasteiger partial charge in [-0.05, 0) is 36.2 Å². The Morgan fingerprint density at radius 3 is 2.53 bits per heavy atom. The molecule has 1 nitrogen and oxygen atoms in total. The van der Waals surface area contributed by atoms with Gasteiger partial charge in [0.05, 0.1) is 16.1 Å². The van der Waals surface area contributed by atoms with Crippen molar-refractivity contribution < 1.29 is 5.11 Å². The van der Waals surface area contributed by atoms with Gasteiger partial charge in [0.15, 0.2) is 0 Å². The van der Waals surface area contributed by atoms with Gasteiger partial charge in [-0.1, -0.05) is 60.1 Å². The van der Waals surface area contributed by atoms with E-state index in [-0.39, 0.29) is 0 Å². The molecule has 19 heavy (non-hydrogen) atoms. The molecule has 4 heteroatoms. The van der Waals surface area contributed by atoms with Crippen LogP contribution in [-0.4, -0.2) is 5.11 Å². The van der Waals surface area contributed by atoms with Crippen LogP contribution >= 0.6 is 35.0 Å². The summed E-state index contributed by atoms with van der Waals surface area (Å²) >= 11 is 13.5. The highest BCUT2D eigenvalue weighted by atomic mass is 35.5. The summed E-state index contributed by atoms with van der Waals surface area (Å²) < 4.78 is 0. The molecule has 2 aromatic carbocycles. The molecule has 0 saturated heterocycles. The predicted molar refractivity (Wildman–Crippen MR) is 82.3 cm³/mol. The molecule has 0 fully saturated rings. The number of aliphatic hydroxyl groups is 1. The average molecular weight is 313 g/mol.